The molecule has 1 aliphatic rings. The minimum atomic E-state index is -0.375. The third-order valence-corrected chi connectivity index (χ3v) is 4.15. The van der Waals surface area contributed by atoms with Gasteiger partial charge >= 0.3 is 6.01 Å². The summed E-state index contributed by atoms with van der Waals surface area (Å²) in [6.07, 6.45) is 4.34. The Morgan fingerprint density at radius 1 is 1.38 bits per heavy atom. The van der Waals surface area contributed by atoms with Crippen molar-refractivity contribution in [2.45, 2.75) is 25.9 Å². The number of nitrogens with zero attached hydrogens (tertiary/aromatic N) is 3. The maximum atomic E-state index is 13.7. The van der Waals surface area contributed by atoms with Crippen molar-refractivity contribution in [1.29, 1.82) is 0 Å². The summed E-state index contributed by atoms with van der Waals surface area (Å²) >= 11 is 5.75. The predicted molar refractivity (Wildman–Crippen MR) is 87.7 cm³/mol. The van der Waals surface area contributed by atoms with E-state index in [0.717, 1.165) is 12.8 Å². The van der Waals surface area contributed by atoms with Crippen LogP contribution in [-0.4, -0.2) is 40.0 Å². The number of piperidine rings is 1. The summed E-state index contributed by atoms with van der Waals surface area (Å²) in [4.78, 5) is 22.2. The molecule has 1 saturated heterocycles. The van der Waals surface area contributed by atoms with E-state index in [4.69, 9.17) is 16.3 Å². The molecule has 0 radical (unpaired) electrons. The van der Waals surface area contributed by atoms with Gasteiger partial charge in [-0.15, -0.1) is 0 Å². The van der Waals surface area contributed by atoms with Gasteiger partial charge in [-0.05, 0) is 37.5 Å². The fourth-order valence-electron chi connectivity index (χ4n) is 2.64. The van der Waals surface area contributed by atoms with Crippen molar-refractivity contribution in [2.24, 2.45) is 0 Å². The minimum absolute atomic E-state index is 0.195. The van der Waals surface area contributed by atoms with Crippen molar-refractivity contribution in [3.8, 4) is 6.01 Å². The zero-order valence-electron chi connectivity index (χ0n) is 13.2. The fraction of sp³-hybridized carbons (Fsp3) is 0.353. The molecule has 126 valence electrons. The van der Waals surface area contributed by atoms with Crippen molar-refractivity contribution >= 4 is 17.5 Å². The van der Waals surface area contributed by atoms with Gasteiger partial charge in [0.2, 0.25) is 0 Å². The van der Waals surface area contributed by atoms with Crippen molar-refractivity contribution < 1.29 is 13.9 Å². The normalized spacial score (nSPS) is 17.6. The summed E-state index contributed by atoms with van der Waals surface area (Å²) in [7, 11) is 0. The number of benzene rings is 1. The van der Waals surface area contributed by atoms with Crippen LogP contribution in [0.25, 0.3) is 0 Å². The number of aryl methyl sites for hydroxylation is 1. The Morgan fingerprint density at radius 3 is 2.83 bits per heavy atom. The van der Waals surface area contributed by atoms with Gasteiger partial charge in [0, 0.05) is 12.1 Å². The van der Waals surface area contributed by atoms with Crippen LogP contribution in [0.1, 0.15) is 28.8 Å². The van der Waals surface area contributed by atoms with E-state index >= 15 is 0 Å². The van der Waals surface area contributed by atoms with Gasteiger partial charge in [-0.25, -0.2) is 14.4 Å². The lowest BCUT2D eigenvalue weighted by Gasteiger charge is -2.32. The van der Waals surface area contributed by atoms with Gasteiger partial charge in [0.1, 0.15) is 11.9 Å². The smallest absolute Gasteiger partial charge is 0.316 e. The van der Waals surface area contributed by atoms with Gasteiger partial charge in [-0.3, -0.25) is 4.79 Å². The van der Waals surface area contributed by atoms with Gasteiger partial charge in [-0.2, -0.15) is 0 Å². The summed E-state index contributed by atoms with van der Waals surface area (Å²) < 4.78 is 19.4. The van der Waals surface area contributed by atoms with Crippen LogP contribution in [-0.2, 0) is 0 Å². The van der Waals surface area contributed by atoms with Gasteiger partial charge in [-0.1, -0.05) is 17.7 Å². The molecular formula is C17H17ClFN3O2. The monoisotopic (exact) mass is 349 g/mol. The standard InChI is InChI=1S/C17H17ClFN3O2/c1-11-4-5-12(7-15(11)19)16(23)22-6-2-3-14(10-22)24-17-20-8-13(18)9-21-17/h4-5,7-9,14H,2-3,6,10H2,1H3/t14-/m1/s1. The third kappa shape index (κ3) is 3.82. The molecule has 7 heteroatoms. The Morgan fingerprint density at radius 2 is 2.12 bits per heavy atom. The zero-order valence-corrected chi connectivity index (χ0v) is 14.0. The average Bonchev–Trinajstić information content (AvgIpc) is 2.59. The molecule has 0 aliphatic carbocycles. The maximum Gasteiger partial charge on any atom is 0.316 e. The molecule has 1 aliphatic heterocycles. The maximum absolute atomic E-state index is 13.7. The lowest BCUT2D eigenvalue weighted by molar-refractivity contribution is 0.0515. The first kappa shape index (κ1) is 16.6. The SMILES string of the molecule is Cc1ccc(C(=O)N2CCC[C@@H](Oc3ncc(Cl)cn3)C2)cc1F. The molecule has 0 N–H and O–H groups in total. The molecule has 0 saturated carbocycles. The van der Waals surface area contributed by atoms with Gasteiger partial charge in [0.25, 0.3) is 5.91 Å². The number of halogens is 2. The Bertz CT molecular complexity index is 739. The van der Waals surface area contributed by atoms with Gasteiger partial charge in [0.15, 0.2) is 0 Å². The number of hydrogen-bond donors (Lipinski definition) is 0. The summed E-state index contributed by atoms with van der Waals surface area (Å²) in [5.41, 5.74) is 0.868. The van der Waals surface area contributed by atoms with E-state index in [1.54, 1.807) is 24.0 Å². The molecule has 5 nitrogen and oxygen atoms in total. The number of hydrogen-bond acceptors (Lipinski definition) is 4. The summed E-state index contributed by atoms with van der Waals surface area (Å²) in [5.74, 6) is -0.570. The highest BCUT2D eigenvalue weighted by molar-refractivity contribution is 6.30. The second kappa shape index (κ2) is 7.13. The van der Waals surface area contributed by atoms with Crippen LogP contribution >= 0.6 is 11.6 Å². The van der Waals surface area contributed by atoms with E-state index in [9.17, 15) is 9.18 Å². The van der Waals surface area contributed by atoms with Crippen LogP contribution in [0.3, 0.4) is 0 Å². The van der Waals surface area contributed by atoms with Crippen LogP contribution in [0.2, 0.25) is 5.02 Å². The summed E-state index contributed by atoms with van der Waals surface area (Å²) in [5, 5.41) is 0.434. The molecule has 2 heterocycles. The van der Waals surface area contributed by atoms with E-state index < -0.39 is 0 Å². The van der Waals surface area contributed by atoms with E-state index in [1.165, 1.54) is 18.5 Å². The largest absolute Gasteiger partial charge is 0.458 e. The molecule has 2 aromatic rings. The van der Waals surface area contributed by atoms with E-state index in [0.29, 0.717) is 29.2 Å². The number of ether oxygens (including phenoxy) is 1. The Hall–Kier alpha value is -2.21. The molecule has 1 fully saturated rings. The molecule has 1 amide bonds. The first-order valence-corrected chi connectivity index (χ1v) is 8.10. The molecular weight excluding hydrogens is 333 g/mol. The number of amides is 1. The highest BCUT2D eigenvalue weighted by Gasteiger charge is 2.26. The first-order chi connectivity index (χ1) is 11.5. The van der Waals surface area contributed by atoms with E-state index in [-0.39, 0.29) is 23.8 Å². The number of carbonyl (C=O) groups is 1. The van der Waals surface area contributed by atoms with Crippen LogP contribution in [0, 0.1) is 12.7 Å². The average molecular weight is 350 g/mol. The highest BCUT2D eigenvalue weighted by Crippen LogP contribution is 2.19. The van der Waals surface area contributed by atoms with Crippen molar-refractivity contribution in [3.63, 3.8) is 0 Å². The minimum Gasteiger partial charge on any atom is -0.458 e. The third-order valence-electron chi connectivity index (χ3n) is 3.95. The Kier molecular flexibility index (Phi) is 4.94. The Balaban J connectivity index is 1.67. The van der Waals surface area contributed by atoms with Crippen molar-refractivity contribution in [1.82, 2.24) is 14.9 Å². The number of aromatic nitrogens is 2. The molecule has 0 bridgehead atoms. The number of carbonyl (C=O) groups excluding carboxylic acids is 1. The molecule has 0 unspecified atom stereocenters. The molecule has 1 aromatic heterocycles. The van der Waals surface area contributed by atoms with E-state index in [1.807, 2.05) is 0 Å². The number of likely N-dealkylation sites (tertiary alicyclic amines) is 1. The molecule has 1 aromatic carbocycles. The predicted octanol–water partition coefficient (Wildman–Crippen LogP) is 3.26. The Labute approximate surface area is 144 Å². The lowest BCUT2D eigenvalue weighted by atomic mass is 10.1. The van der Waals surface area contributed by atoms with Crippen LogP contribution in [0.4, 0.5) is 4.39 Å². The second-order valence-electron chi connectivity index (χ2n) is 5.78. The van der Waals surface area contributed by atoms with Crippen LogP contribution < -0.4 is 4.74 Å². The quantitative estimate of drug-likeness (QED) is 0.853. The molecule has 1 atom stereocenters. The first-order valence-electron chi connectivity index (χ1n) is 7.72. The van der Waals surface area contributed by atoms with Crippen LogP contribution in [0.5, 0.6) is 6.01 Å². The van der Waals surface area contributed by atoms with E-state index in [2.05, 4.69) is 9.97 Å². The molecule has 24 heavy (non-hydrogen) atoms. The lowest BCUT2D eigenvalue weighted by Crippen LogP contribution is -2.44. The topological polar surface area (TPSA) is 55.3 Å². The number of rotatable bonds is 3. The highest BCUT2D eigenvalue weighted by atomic mass is 35.5. The molecule has 3 rings (SSSR count). The fourth-order valence-corrected chi connectivity index (χ4v) is 2.74. The van der Waals surface area contributed by atoms with Gasteiger partial charge in [0.05, 0.1) is 24.0 Å². The zero-order chi connectivity index (χ0) is 17.1. The van der Waals surface area contributed by atoms with Crippen molar-refractivity contribution in [2.75, 3.05) is 13.1 Å². The van der Waals surface area contributed by atoms with Crippen molar-refractivity contribution in [3.05, 3.63) is 52.6 Å². The second-order valence-corrected chi connectivity index (χ2v) is 6.22. The van der Waals surface area contributed by atoms with Crippen LogP contribution in [0.15, 0.2) is 30.6 Å². The molecule has 0 spiro atoms. The van der Waals surface area contributed by atoms with Gasteiger partial charge < -0.3 is 9.64 Å². The summed E-state index contributed by atoms with van der Waals surface area (Å²) in [6, 6.07) is 4.78. The summed E-state index contributed by atoms with van der Waals surface area (Å²) in [6.45, 7) is 2.70.